The number of ether oxygens (including phenoxy) is 1. The number of methoxy groups -OCH3 is 1. The fraction of sp³-hybridized carbons (Fsp3) is 0.261. The van der Waals surface area contributed by atoms with Crippen LogP contribution in [0, 0.1) is 11.3 Å². The summed E-state index contributed by atoms with van der Waals surface area (Å²) in [5.74, 6) is 0.169. The van der Waals surface area contributed by atoms with Gasteiger partial charge in [0.15, 0.2) is 11.5 Å². The van der Waals surface area contributed by atoms with Crippen LogP contribution in [-0.4, -0.2) is 46.7 Å². The average Bonchev–Trinajstić information content (AvgIpc) is 2.81. The zero-order valence-electron chi connectivity index (χ0n) is 18.6. The number of primary amides is 1. The van der Waals surface area contributed by atoms with Gasteiger partial charge in [0, 0.05) is 18.3 Å². The highest BCUT2D eigenvalue weighted by Crippen LogP contribution is 2.37. The molecule has 4 rings (SSSR count). The van der Waals surface area contributed by atoms with Crippen molar-refractivity contribution in [3.05, 3.63) is 58.8 Å². The third-order valence-corrected chi connectivity index (χ3v) is 5.73. The SMILES string of the molecule is COc1cc2c(cc1Nc1nnc(C(N)=O)c(Nc3cccc(C#N)c3)n1)C(C)N(C)CC2. The monoisotopic (exact) mass is 444 g/mol. The summed E-state index contributed by atoms with van der Waals surface area (Å²) in [5.41, 5.74) is 9.48. The summed E-state index contributed by atoms with van der Waals surface area (Å²) < 4.78 is 5.59. The van der Waals surface area contributed by atoms with Crippen LogP contribution in [0.2, 0.25) is 0 Å². The second-order valence-corrected chi connectivity index (χ2v) is 7.80. The minimum Gasteiger partial charge on any atom is -0.495 e. The van der Waals surface area contributed by atoms with Gasteiger partial charge in [-0.3, -0.25) is 9.69 Å². The number of likely N-dealkylation sites (N-methyl/N-ethyl adjacent to an activating group) is 1. The van der Waals surface area contributed by atoms with E-state index in [4.69, 9.17) is 15.7 Å². The van der Waals surface area contributed by atoms with Crippen molar-refractivity contribution in [3.8, 4) is 11.8 Å². The fourth-order valence-corrected chi connectivity index (χ4v) is 3.79. The minimum atomic E-state index is -0.774. The van der Waals surface area contributed by atoms with E-state index < -0.39 is 5.91 Å². The molecule has 0 radical (unpaired) electrons. The van der Waals surface area contributed by atoms with Gasteiger partial charge in [-0.05, 0) is 61.9 Å². The first kappa shape index (κ1) is 22.0. The number of benzene rings is 2. The van der Waals surface area contributed by atoms with Crippen molar-refractivity contribution in [2.75, 3.05) is 31.3 Å². The zero-order valence-corrected chi connectivity index (χ0v) is 18.6. The van der Waals surface area contributed by atoms with E-state index in [-0.39, 0.29) is 23.5 Å². The van der Waals surface area contributed by atoms with Gasteiger partial charge >= 0.3 is 0 Å². The van der Waals surface area contributed by atoms with Gasteiger partial charge in [-0.1, -0.05) is 6.07 Å². The van der Waals surface area contributed by atoms with Gasteiger partial charge in [-0.2, -0.15) is 10.2 Å². The van der Waals surface area contributed by atoms with Crippen molar-refractivity contribution >= 4 is 29.0 Å². The molecule has 4 N–H and O–H groups in total. The highest BCUT2D eigenvalue weighted by atomic mass is 16.5. The van der Waals surface area contributed by atoms with Crippen molar-refractivity contribution in [1.29, 1.82) is 5.26 Å². The number of anilines is 4. The molecule has 33 heavy (non-hydrogen) atoms. The molecule has 0 saturated carbocycles. The van der Waals surface area contributed by atoms with Crippen molar-refractivity contribution in [2.24, 2.45) is 5.73 Å². The van der Waals surface area contributed by atoms with Crippen molar-refractivity contribution < 1.29 is 9.53 Å². The number of hydrogen-bond donors (Lipinski definition) is 3. The molecule has 10 nitrogen and oxygen atoms in total. The molecule has 3 aromatic rings. The Morgan fingerprint density at radius 1 is 1.27 bits per heavy atom. The molecule has 1 amide bonds. The van der Waals surface area contributed by atoms with Crippen LogP contribution in [0.5, 0.6) is 5.75 Å². The molecular formula is C23H24N8O2. The molecule has 0 spiro atoms. The lowest BCUT2D eigenvalue weighted by Crippen LogP contribution is -2.30. The smallest absolute Gasteiger partial charge is 0.273 e. The summed E-state index contributed by atoms with van der Waals surface area (Å²) in [5, 5.41) is 23.3. The summed E-state index contributed by atoms with van der Waals surface area (Å²) in [4.78, 5) is 18.6. The van der Waals surface area contributed by atoms with Crippen molar-refractivity contribution in [1.82, 2.24) is 20.1 Å². The Hall–Kier alpha value is -4.23. The molecular weight excluding hydrogens is 420 g/mol. The quantitative estimate of drug-likeness (QED) is 0.523. The van der Waals surface area contributed by atoms with Crippen molar-refractivity contribution in [2.45, 2.75) is 19.4 Å². The number of rotatable bonds is 6. The number of nitrogens with two attached hydrogens (primary N) is 1. The topological polar surface area (TPSA) is 142 Å². The summed E-state index contributed by atoms with van der Waals surface area (Å²) in [6.45, 7) is 3.14. The third-order valence-electron chi connectivity index (χ3n) is 5.73. The van der Waals surface area contributed by atoms with E-state index in [1.807, 2.05) is 12.1 Å². The van der Waals surface area contributed by atoms with Crippen LogP contribution in [0.1, 0.15) is 40.1 Å². The molecule has 0 aliphatic carbocycles. The molecule has 1 aliphatic heterocycles. The molecule has 0 saturated heterocycles. The lowest BCUT2D eigenvalue weighted by Gasteiger charge is -2.32. The number of carbonyl (C=O) groups is 1. The van der Waals surface area contributed by atoms with Crippen LogP contribution in [0.25, 0.3) is 0 Å². The fourth-order valence-electron chi connectivity index (χ4n) is 3.79. The number of fused-ring (bicyclic) bond motifs is 1. The Bertz CT molecular complexity index is 1250. The van der Waals surface area contributed by atoms with E-state index in [2.05, 4.69) is 50.8 Å². The number of nitrogens with one attached hydrogen (secondary N) is 2. The minimum absolute atomic E-state index is 0.115. The number of amides is 1. The predicted molar refractivity (Wildman–Crippen MR) is 124 cm³/mol. The van der Waals surface area contributed by atoms with E-state index in [0.29, 0.717) is 22.7 Å². The molecule has 0 fully saturated rings. The highest BCUT2D eigenvalue weighted by molar-refractivity contribution is 5.96. The Morgan fingerprint density at radius 2 is 2.09 bits per heavy atom. The van der Waals surface area contributed by atoms with Crippen LogP contribution in [0.4, 0.5) is 23.1 Å². The molecule has 1 aliphatic rings. The highest BCUT2D eigenvalue weighted by Gasteiger charge is 2.23. The average molecular weight is 444 g/mol. The first-order chi connectivity index (χ1) is 15.9. The maximum atomic E-state index is 11.9. The van der Waals surface area contributed by atoms with Gasteiger partial charge in [0.05, 0.1) is 24.4 Å². The predicted octanol–water partition coefficient (Wildman–Crippen LogP) is 2.89. The van der Waals surface area contributed by atoms with Crippen LogP contribution in [0.15, 0.2) is 36.4 Å². The largest absolute Gasteiger partial charge is 0.495 e. The summed E-state index contributed by atoms with van der Waals surface area (Å²) in [6.07, 6.45) is 0.938. The number of nitriles is 1. The molecule has 2 aromatic carbocycles. The van der Waals surface area contributed by atoms with Gasteiger partial charge in [-0.15, -0.1) is 10.2 Å². The standard InChI is InChI=1S/C23H24N8O2/c1-13-17-11-18(19(33-3)10-15(17)7-8-31(13)2)27-23-28-22(20(21(25)32)29-30-23)26-16-6-4-5-14(9-16)12-24/h4-6,9-11,13H,7-8H2,1-3H3,(H2,25,32)(H2,26,27,28,30). The van der Waals surface area contributed by atoms with Crippen LogP contribution < -0.4 is 21.1 Å². The van der Waals surface area contributed by atoms with E-state index in [9.17, 15) is 4.79 Å². The van der Waals surface area contributed by atoms with Gasteiger partial charge in [0.2, 0.25) is 5.95 Å². The van der Waals surface area contributed by atoms with Crippen molar-refractivity contribution in [3.63, 3.8) is 0 Å². The lowest BCUT2D eigenvalue weighted by atomic mass is 9.93. The molecule has 168 valence electrons. The zero-order chi connectivity index (χ0) is 23.5. The Kier molecular flexibility index (Phi) is 6.06. The maximum absolute atomic E-state index is 11.9. The van der Waals surface area contributed by atoms with Gasteiger partial charge in [0.25, 0.3) is 5.91 Å². The van der Waals surface area contributed by atoms with Gasteiger partial charge in [0.1, 0.15) is 5.75 Å². The molecule has 10 heteroatoms. The molecule has 1 unspecified atom stereocenters. The van der Waals surface area contributed by atoms with Crippen LogP contribution in [0.3, 0.4) is 0 Å². The molecule has 2 heterocycles. The lowest BCUT2D eigenvalue weighted by molar-refractivity contribution is 0.0995. The molecule has 0 bridgehead atoms. The normalized spacial score (nSPS) is 15.3. The number of hydrogen-bond acceptors (Lipinski definition) is 9. The maximum Gasteiger partial charge on any atom is 0.273 e. The second kappa shape index (κ2) is 9.10. The number of aromatic nitrogens is 3. The number of carbonyl (C=O) groups excluding carboxylic acids is 1. The Morgan fingerprint density at radius 3 is 2.82 bits per heavy atom. The second-order valence-electron chi connectivity index (χ2n) is 7.80. The molecule has 1 atom stereocenters. The first-order valence-corrected chi connectivity index (χ1v) is 10.4. The third kappa shape index (κ3) is 4.53. The number of nitrogens with zero attached hydrogens (tertiary/aromatic N) is 5. The molecule has 1 aromatic heterocycles. The van der Waals surface area contributed by atoms with Gasteiger partial charge < -0.3 is 21.1 Å². The van der Waals surface area contributed by atoms with E-state index in [1.165, 1.54) is 11.1 Å². The van der Waals surface area contributed by atoms with E-state index in [0.717, 1.165) is 13.0 Å². The first-order valence-electron chi connectivity index (χ1n) is 10.4. The summed E-state index contributed by atoms with van der Waals surface area (Å²) in [6, 6.07) is 13.1. The van der Waals surface area contributed by atoms with Crippen LogP contribution in [-0.2, 0) is 6.42 Å². The Labute approximate surface area is 191 Å². The van der Waals surface area contributed by atoms with E-state index >= 15 is 0 Å². The Balaban J connectivity index is 1.69. The van der Waals surface area contributed by atoms with Gasteiger partial charge in [-0.25, -0.2) is 0 Å². The summed E-state index contributed by atoms with van der Waals surface area (Å²) in [7, 11) is 3.70. The van der Waals surface area contributed by atoms with E-state index in [1.54, 1.807) is 31.4 Å². The summed E-state index contributed by atoms with van der Waals surface area (Å²) >= 11 is 0. The van der Waals surface area contributed by atoms with Crippen LogP contribution >= 0.6 is 0 Å².